The zero-order valence-corrected chi connectivity index (χ0v) is 14.6. The fourth-order valence-corrected chi connectivity index (χ4v) is 3.95. The number of methoxy groups -OCH3 is 1. The van der Waals surface area contributed by atoms with E-state index in [1.165, 1.54) is 26.4 Å². The van der Waals surface area contributed by atoms with E-state index < -0.39 is 18.1 Å². The van der Waals surface area contributed by atoms with Gasteiger partial charge in [-0.25, -0.2) is 4.79 Å². The highest BCUT2D eigenvalue weighted by atomic mass is 16.5. The van der Waals surface area contributed by atoms with Crippen molar-refractivity contribution in [3.05, 3.63) is 0 Å². The van der Waals surface area contributed by atoms with Gasteiger partial charge >= 0.3 is 5.97 Å². The van der Waals surface area contributed by atoms with Crippen molar-refractivity contribution >= 4 is 17.7 Å². The molecule has 136 valence electrons. The molecule has 2 fully saturated rings. The maximum absolute atomic E-state index is 12.4. The van der Waals surface area contributed by atoms with E-state index >= 15 is 0 Å². The van der Waals surface area contributed by atoms with E-state index in [4.69, 9.17) is 10.5 Å². The summed E-state index contributed by atoms with van der Waals surface area (Å²) >= 11 is 0. The Bertz CT molecular complexity index is 460. The summed E-state index contributed by atoms with van der Waals surface area (Å²) in [6.07, 6.45) is 9.07. The van der Waals surface area contributed by atoms with E-state index in [1.54, 1.807) is 0 Å². The minimum atomic E-state index is -0.785. The average Bonchev–Trinajstić information content (AvgIpc) is 2.99. The van der Waals surface area contributed by atoms with Crippen LogP contribution in [0.15, 0.2) is 0 Å². The van der Waals surface area contributed by atoms with Gasteiger partial charge in [0.15, 0.2) is 0 Å². The van der Waals surface area contributed by atoms with Crippen LogP contribution in [0.3, 0.4) is 0 Å². The van der Waals surface area contributed by atoms with Crippen LogP contribution in [0.1, 0.15) is 64.2 Å². The highest BCUT2D eigenvalue weighted by Crippen LogP contribution is 2.28. The number of ether oxygens (including phenoxy) is 1. The second-order valence-electron chi connectivity index (χ2n) is 7.22. The molecule has 0 heterocycles. The van der Waals surface area contributed by atoms with Gasteiger partial charge in [-0.05, 0) is 31.6 Å². The number of hydrogen-bond donors (Lipinski definition) is 2. The molecule has 0 aromatic rings. The van der Waals surface area contributed by atoms with Crippen LogP contribution in [0.2, 0.25) is 0 Å². The lowest BCUT2D eigenvalue weighted by atomic mass is 9.85. The van der Waals surface area contributed by atoms with Crippen molar-refractivity contribution < 1.29 is 19.1 Å². The van der Waals surface area contributed by atoms with Crippen molar-refractivity contribution in [2.75, 3.05) is 7.11 Å². The first-order valence-electron chi connectivity index (χ1n) is 9.17. The highest BCUT2D eigenvalue weighted by molar-refractivity contribution is 5.88. The molecule has 0 spiro atoms. The SMILES string of the molecule is COC(=O)[C@H](C[C@@H]1CCCC1=O)NC(=O)[C@@H](N)CC1CCCCC1. The highest BCUT2D eigenvalue weighted by Gasteiger charge is 2.33. The van der Waals surface area contributed by atoms with Crippen LogP contribution >= 0.6 is 0 Å². The molecule has 1 amide bonds. The van der Waals surface area contributed by atoms with E-state index in [1.807, 2.05) is 0 Å². The predicted molar refractivity (Wildman–Crippen MR) is 90.1 cm³/mol. The molecule has 2 aliphatic carbocycles. The average molecular weight is 338 g/mol. The Morgan fingerprint density at radius 1 is 1.17 bits per heavy atom. The van der Waals surface area contributed by atoms with E-state index in [9.17, 15) is 14.4 Å². The Balaban J connectivity index is 1.88. The summed E-state index contributed by atoms with van der Waals surface area (Å²) in [5.41, 5.74) is 6.04. The maximum Gasteiger partial charge on any atom is 0.328 e. The third-order valence-electron chi connectivity index (χ3n) is 5.40. The first-order valence-corrected chi connectivity index (χ1v) is 9.17. The first-order chi connectivity index (χ1) is 11.5. The summed E-state index contributed by atoms with van der Waals surface area (Å²) in [5.74, 6) is -0.324. The molecule has 2 saturated carbocycles. The van der Waals surface area contributed by atoms with Crippen LogP contribution < -0.4 is 11.1 Å². The normalized spacial score (nSPS) is 24.4. The Kier molecular flexibility index (Phi) is 7.21. The Morgan fingerprint density at radius 3 is 2.46 bits per heavy atom. The van der Waals surface area contributed by atoms with Gasteiger partial charge in [0, 0.05) is 12.3 Å². The van der Waals surface area contributed by atoms with Gasteiger partial charge in [0.05, 0.1) is 13.2 Å². The van der Waals surface area contributed by atoms with Crippen LogP contribution in [0, 0.1) is 11.8 Å². The lowest BCUT2D eigenvalue weighted by molar-refractivity contribution is -0.146. The Labute approximate surface area is 143 Å². The molecular weight excluding hydrogens is 308 g/mol. The molecule has 0 aromatic heterocycles. The fourth-order valence-electron chi connectivity index (χ4n) is 3.95. The number of hydrogen-bond acceptors (Lipinski definition) is 5. The van der Waals surface area contributed by atoms with Crippen LogP contribution in [-0.4, -0.2) is 36.9 Å². The van der Waals surface area contributed by atoms with Gasteiger partial charge in [-0.3, -0.25) is 9.59 Å². The summed E-state index contributed by atoms with van der Waals surface area (Å²) in [4.78, 5) is 36.2. The number of carbonyl (C=O) groups excluding carboxylic acids is 3. The summed E-state index contributed by atoms with van der Waals surface area (Å²) in [6, 6.07) is -1.40. The predicted octanol–water partition coefficient (Wildman–Crippen LogP) is 1.70. The first kappa shape index (κ1) is 18.9. The fraction of sp³-hybridized carbons (Fsp3) is 0.833. The van der Waals surface area contributed by atoms with Crippen molar-refractivity contribution in [2.45, 2.75) is 76.3 Å². The zero-order chi connectivity index (χ0) is 17.5. The summed E-state index contributed by atoms with van der Waals surface area (Å²) in [5, 5.41) is 2.71. The standard InChI is InChI=1S/C18H30N2O4/c1-24-18(23)15(11-13-8-5-9-16(13)21)20-17(22)14(19)10-12-6-3-2-4-7-12/h12-15H,2-11,19H2,1H3,(H,20,22)/t13-,14-,15-/m0/s1. The smallest absolute Gasteiger partial charge is 0.328 e. The molecule has 0 bridgehead atoms. The molecule has 24 heavy (non-hydrogen) atoms. The lowest BCUT2D eigenvalue weighted by Gasteiger charge is -2.25. The van der Waals surface area contributed by atoms with Gasteiger partial charge in [-0.15, -0.1) is 0 Å². The number of amides is 1. The van der Waals surface area contributed by atoms with Gasteiger partial charge < -0.3 is 15.8 Å². The molecule has 2 rings (SSSR count). The minimum absolute atomic E-state index is 0.163. The quantitative estimate of drug-likeness (QED) is 0.689. The minimum Gasteiger partial charge on any atom is -0.467 e. The van der Waals surface area contributed by atoms with Gasteiger partial charge in [-0.2, -0.15) is 0 Å². The van der Waals surface area contributed by atoms with Gasteiger partial charge in [-0.1, -0.05) is 32.1 Å². The van der Waals surface area contributed by atoms with Crippen molar-refractivity contribution in [1.29, 1.82) is 0 Å². The zero-order valence-electron chi connectivity index (χ0n) is 14.6. The number of nitrogens with one attached hydrogen (secondary N) is 1. The van der Waals surface area contributed by atoms with Crippen LogP contribution in [-0.2, 0) is 19.1 Å². The maximum atomic E-state index is 12.4. The van der Waals surface area contributed by atoms with Crippen molar-refractivity contribution in [3.63, 3.8) is 0 Å². The molecule has 0 aromatic carbocycles. The topological polar surface area (TPSA) is 98.5 Å². The Morgan fingerprint density at radius 2 is 1.88 bits per heavy atom. The summed E-state index contributed by atoms with van der Waals surface area (Å²) in [7, 11) is 1.29. The number of carbonyl (C=O) groups is 3. The van der Waals surface area contributed by atoms with Gasteiger partial charge in [0.25, 0.3) is 0 Å². The summed E-state index contributed by atoms with van der Waals surface area (Å²) < 4.78 is 4.78. The molecule has 6 heteroatoms. The molecule has 0 saturated heterocycles. The van der Waals surface area contributed by atoms with E-state index in [2.05, 4.69) is 5.32 Å². The molecular formula is C18H30N2O4. The van der Waals surface area contributed by atoms with E-state index in [0.717, 1.165) is 25.7 Å². The number of nitrogens with two attached hydrogens (primary N) is 1. The number of ketones is 1. The molecule has 2 aliphatic rings. The summed E-state index contributed by atoms with van der Waals surface area (Å²) in [6.45, 7) is 0. The van der Waals surface area contributed by atoms with Gasteiger partial charge in [0.1, 0.15) is 11.8 Å². The molecule has 0 aliphatic heterocycles. The van der Waals surface area contributed by atoms with Crippen LogP contribution in [0.5, 0.6) is 0 Å². The molecule has 3 atom stereocenters. The third kappa shape index (κ3) is 5.30. The van der Waals surface area contributed by atoms with Crippen molar-refractivity contribution in [3.8, 4) is 0 Å². The third-order valence-corrected chi connectivity index (χ3v) is 5.40. The molecule has 0 unspecified atom stereocenters. The molecule has 0 radical (unpaired) electrons. The Hall–Kier alpha value is -1.43. The van der Waals surface area contributed by atoms with Crippen LogP contribution in [0.25, 0.3) is 0 Å². The molecule has 3 N–H and O–H groups in total. The number of rotatable bonds is 7. The van der Waals surface area contributed by atoms with Crippen LogP contribution in [0.4, 0.5) is 0 Å². The van der Waals surface area contributed by atoms with E-state index in [0.29, 0.717) is 25.2 Å². The number of Topliss-reactive ketones (excluding diaryl/α,β-unsaturated/α-hetero) is 1. The van der Waals surface area contributed by atoms with Crippen molar-refractivity contribution in [1.82, 2.24) is 5.32 Å². The largest absolute Gasteiger partial charge is 0.467 e. The van der Waals surface area contributed by atoms with Crippen molar-refractivity contribution in [2.24, 2.45) is 17.6 Å². The lowest BCUT2D eigenvalue weighted by Crippen LogP contribution is -2.50. The van der Waals surface area contributed by atoms with E-state index in [-0.39, 0.29) is 17.6 Å². The van der Waals surface area contributed by atoms with Gasteiger partial charge in [0.2, 0.25) is 5.91 Å². The second kappa shape index (κ2) is 9.16. The second-order valence-corrected chi connectivity index (χ2v) is 7.22. The monoisotopic (exact) mass is 338 g/mol. The molecule has 6 nitrogen and oxygen atoms in total. The number of esters is 1.